The van der Waals surface area contributed by atoms with E-state index in [0.717, 1.165) is 20.8 Å². The van der Waals surface area contributed by atoms with Crippen molar-refractivity contribution in [2.45, 2.75) is 19.9 Å². The van der Waals surface area contributed by atoms with Gasteiger partial charge in [0.15, 0.2) is 0 Å². The number of aryl methyl sites for hydroxylation is 1. The second-order valence-electron chi connectivity index (χ2n) is 4.25. The lowest BCUT2D eigenvalue weighted by Crippen LogP contribution is -2.22. The Morgan fingerprint density at radius 3 is 2.63 bits per heavy atom. The Labute approximate surface area is 141 Å². The van der Waals surface area contributed by atoms with E-state index in [1.54, 1.807) is 0 Å². The van der Waals surface area contributed by atoms with Crippen molar-refractivity contribution in [1.82, 2.24) is 5.32 Å². The van der Waals surface area contributed by atoms with E-state index < -0.39 is 0 Å². The third-order valence-electron chi connectivity index (χ3n) is 2.93. The fraction of sp³-hybridized carbons (Fsp3) is 0.286. The molecule has 2 rings (SSSR count). The van der Waals surface area contributed by atoms with E-state index in [1.165, 1.54) is 26.0 Å². The van der Waals surface area contributed by atoms with Gasteiger partial charge in [0.2, 0.25) is 0 Å². The standard InChI is InChI=1S/C14H14Cl2INS/c1-3-18-13(10-7-11(15)19-14(10)16)9-6-4-5-8(2)12(9)17/h4-7,13,18H,3H2,1-2H3. The van der Waals surface area contributed by atoms with Crippen LogP contribution >= 0.6 is 57.1 Å². The molecule has 102 valence electrons. The van der Waals surface area contributed by atoms with Crippen LogP contribution in [0.3, 0.4) is 0 Å². The van der Waals surface area contributed by atoms with Crippen LogP contribution in [0.1, 0.15) is 29.7 Å². The molecule has 0 amide bonds. The van der Waals surface area contributed by atoms with Gasteiger partial charge < -0.3 is 5.32 Å². The number of hydrogen-bond donors (Lipinski definition) is 1. The van der Waals surface area contributed by atoms with Gasteiger partial charge in [-0.15, -0.1) is 11.3 Å². The van der Waals surface area contributed by atoms with E-state index in [-0.39, 0.29) is 6.04 Å². The maximum absolute atomic E-state index is 6.31. The molecule has 0 fully saturated rings. The Morgan fingerprint density at radius 2 is 2.05 bits per heavy atom. The fourth-order valence-electron chi connectivity index (χ4n) is 2.03. The van der Waals surface area contributed by atoms with Crippen LogP contribution in [0.25, 0.3) is 0 Å². The van der Waals surface area contributed by atoms with Crippen LogP contribution in [0.2, 0.25) is 8.67 Å². The minimum absolute atomic E-state index is 0.0908. The second kappa shape index (κ2) is 6.76. The van der Waals surface area contributed by atoms with Crippen LogP contribution in [0, 0.1) is 10.5 Å². The zero-order valence-corrected chi connectivity index (χ0v) is 15.1. The molecule has 0 aliphatic heterocycles. The number of hydrogen-bond acceptors (Lipinski definition) is 2. The first-order valence-corrected chi connectivity index (χ1v) is 8.62. The Bertz CT molecular complexity index is 583. The third-order valence-corrected chi connectivity index (χ3v) is 5.93. The highest BCUT2D eigenvalue weighted by Gasteiger charge is 2.21. The van der Waals surface area contributed by atoms with Crippen molar-refractivity contribution >= 4 is 57.1 Å². The van der Waals surface area contributed by atoms with Crippen molar-refractivity contribution in [2.75, 3.05) is 6.54 Å². The van der Waals surface area contributed by atoms with Crippen molar-refractivity contribution < 1.29 is 0 Å². The predicted octanol–water partition coefficient (Wildman–Crippen LogP) is 5.67. The van der Waals surface area contributed by atoms with E-state index in [1.807, 2.05) is 6.07 Å². The Balaban J connectivity index is 2.51. The first-order valence-electron chi connectivity index (χ1n) is 5.97. The van der Waals surface area contributed by atoms with Crippen molar-refractivity contribution in [3.63, 3.8) is 0 Å². The Morgan fingerprint density at radius 1 is 1.32 bits per heavy atom. The number of halogens is 3. The molecule has 1 N–H and O–H groups in total. The van der Waals surface area contributed by atoms with Crippen molar-refractivity contribution in [3.05, 3.63) is 53.2 Å². The molecule has 0 bridgehead atoms. The van der Waals surface area contributed by atoms with Gasteiger partial charge in [-0.3, -0.25) is 0 Å². The summed E-state index contributed by atoms with van der Waals surface area (Å²) in [6.07, 6.45) is 0. The Kier molecular flexibility index (Phi) is 5.55. The van der Waals surface area contributed by atoms with Gasteiger partial charge in [0, 0.05) is 9.13 Å². The summed E-state index contributed by atoms with van der Waals surface area (Å²) in [6.45, 7) is 5.09. The van der Waals surface area contributed by atoms with Crippen LogP contribution in [0.4, 0.5) is 0 Å². The molecule has 1 heterocycles. The van der Waals surface area contributed by atoms with E-state index in [0.29, 0.717) is 0 Å². The number of rotatable bonds is 4. The summed E-state index contributed by atoms with van der Waals surface area (Å²) in [4.78, 5) is 0. The maximum atomic E-state index is 6.31. The summed E-state index contributed by atoms with van der Waals surface area (Å²) < 4.78 is 2.75. The summed E-state index contributed by atoms with van der Waals surface area (Å²) in [5.74, 6) is 0. The Hall–Kier alpha value is 0.190. The molecule has 1 unspecified atom stereocenters. The average molecular weight is 426 g/mol. The molecule has 2 aromatic rings. The minimum Gasteiger partial charge on any atom is -0.306 e. The zero-order valence-electron chi connectivity index (χ0n) is 10.6. The molecule has 0 saturated carbocycles. The van der Waals surface area contributed by atoms with Crippen LogP contribution < -0.4 is 5.32 Å². The van der Waals surface area contributed by atoms with Gasteiger partial charge in [0.1, 0.15) is 0 Å². The zero-order chi connectivity index (χ0) is 14.0. The lowest BCUT2D eigenvalue weighted by atomic mass is 9.99. The SMILES string of the molecule is CCNC(c1cc(Cl)sc1Cl)c1cccc(C)c1I. The summed E-state index contributed by atoms with van der Waals surface area (Å²) in [5, 5.41) is 3.50. The summed E-state index contributed by atoms with van der Waals surface area (Å²) in [6, 6.07) is 8.40. The highest BCUT2D eigenvalue weighted by atomic mass is 127. The van der Waals surface area contributed by atoms with Gasteiger partial charge >= 0.3 is 0 Å². The molecule has 1 aromatic carbocycles. The molecule has 19 heavy (non-hydrogen) atoms. The van der Waals surface area contributed by atoms with Gasteiger partial charge in [-0.05, 0) is 53.3 Å². The molecule has 0 saturated heterocycles. The lowest BCUT2D eigenvalue weighted by Gasteiger charge is -2.20. The third kappa shape index (κ3) is 3.45. The van der Waals surface area contributed by atoms with E-state index >= 15 is 0 Å². The summed E-state index contributed by atoms with van der Waals surface area (Å²) >= 11 is 16.2. The van der Waals surface area contributed by atoms with Gasteiger partial charge in [-0.2, -0.15) is 0 Å². The maximum Gasteiger partial charge on any atom is 0.0995 e. The minimum atomic E-state index is 0.0908. The highest BCUT2D eigenvalue weighted by Crippen LogP contribution is 2.38. The van der Waals surface area contributed by atoms with Crippen LogP contribution in [0.15, 0.2) is 24.3 Å². The van der Waals surface area contributed by atoms with E-state index in [4.69, 9.17) is 23.2 Å². The lowest BCUT2D eigenvalue weighted by molar-refractivity contribution is 0.629. The van der Waals surface area contributed by atoms with Gasteiger partial charge in [-0.1, -0.05) is 48.3 Å². The first-order chi connectivity index (χ1) is 9.04. The largest absolute Gasteiger partial charge is 0.306 e. The normalized spacial score (nSPS) is 12.7. The second-order valence-corrected chi connectivity index (χ2v) is 7.61. The van der Waals surface area contributed by atoms with Gasteiger partial charge in [0.25, 0.3) is 0 Å². The molecule has 0 aliphatic rings. The smallest absolute Gasteiger partial charge is 0.0995 e. The molecule has 0 aliphatic carbocycles. The number of benzene rings is 1. The highest BCUT2D eigenvalue weighted by molar-refractivity contribution is 14.1. The summed E-state index contributed by atoms with van der Waals surface area (Å²) in [7, 11) is 0. The van der Waals surface area contributed by atoms with Crippen LogP contribution in [-0.4, -0.2) is 6.54 Å². The van der Waals surface area contributed by atoms with Gasteiger partial charge in [0.05, 0.1) is 14.7 Å². The molecule has 0 spiro atoms. The monoisotopic (exact) mass is 425 g/mol. The quantitative estimate of drug-likeness (QED) is 0.622. The van der Waals surface area contributed by atoms with Crippen molar-refractivity contribution in [1.29, 1.82) is 0 Å². The molecular weight excluding hydrogens is 412 g/mol. The topological polar surface area (TPSA) is 12.0 Å². The summed E-state index contributed by atoms with van der Waals surface area (Å²) in [5.41, 5.74) is 3.58. The van der Waals surface area contributed by atoms with Crippen LogP contribution in [0.5, 0.6) is 0 Å². The van der Waals surface area contributed by atoms with Gasteiger partial charge in [-0.25, -0.2) is 0 Å². The number of nitrogens with one attached hydrogen (secondary N) is 1. The number of thiophene rings is 1. The molecule has 1 atom stereocenters. The molecule has 0 radical (unpaired) electrons. The van der Waals surface area contributed by atoms with E-state index in [2.05, 4.69) is 60.0 Å². The van der Waals surface area contributed by atoms with E-state index in [9.17, 15) is 0 Å². The van der Waals surface area contributed by atoms with Crippen LogP contribution in [-0.2, 0) is 0 Å². The molecule has 5 heteroatoms. The molecule has 1 nitrogen and oxygen atoms in total. The molecule has 1 aromatic heterocycles. The van der Waals surface area contributed by atoms with Crippen molar-refractivity contribution in [2.24, 2.45) is 0 Å². The molecular formula is C14H14Cl2INS. The first kappa shape index (κ1) is 15.6. The average Bonchev–Trinajstić information content (AvgIpc) is 2.69. The fourth-order valence-corrected chi connectivity index (χ4v) is 4.24. The predicted molar refractivity (Wildman–Crippen MR) is 93.8 cm³/mol. The van der Waals surface area contributed by atoms with Crippen molar-refractivity contribution in [3.8, 4) is 0 Å².